The third-order valence-corrected chi connectivity index (χ3v) is 4.97. The molecule has 3 rings (SSSR count). The smallest absolute Gasteiger partial charge is 0.324 e. The second kappa shape index (κ2) is 9.53. The zero-order valence-corrected chi connectivity index (χ0v) is 16.0. The average molecular weight is 367 g/mol. The first-order valence-electron chi connectivity index (χ1n) is 9.68. The topological polar surface area (TPSA) is 55.8 Å². The van der Waals surface area contributed by atoms with E-state index < -0.39 is 0 Å². The second-order valence-corrected chi connectivity index (χ2v) is 7.19. The number of benzene rings is 2. The van der Waals surface area contributed by atoms with E-state index in [-0.39, 0.29) is 12.1 Å². The lowest BCUT2D eigenvalue weighted by Crippen LogP contribution is -2.45. The Morgan fingerprint density at radius 1 is 1.07 bits per heavy atom. The predicted molar refractivity (Wildman–Crippen MR) is 109 cm³/mol. The van der Waals surface area contributed by atoms with Gasteiger partial charge in [0.1, 0.15) is 0 Å². The lowest BCUT2D eigenvalue weighted by atomic mass is 10.1. The number of hydrogen-bond acceptors (Lipinski definition) is 3. The van der Waals surface area contributed by atoms with Crippen LogP contribution in [0.4, 0.5) is 10.5 Å². The average Bonchev–Trinajstić information content (AvgIpc) is 2.68. The van der Waals surface area contributed by atoms with Gasteiger partial charge in [0.05, 0.1) is 11.8 Å². The molecule has 0 bridgehead atoms. The van der Waals surface area contributed by atoms with Crippen molar-refractivity contribution in [2.24, 2.45) is 0 Å². The van der Waals surface area contributed by atoms with Crippen LogP contribution in [0.5, 0.6) is 0 Å². The molecule has 0 aromatic heterocycles. The van der Waals surface area contributed by atoms with Crippen LogP contribution in [0.3, 0.4) is 0 Å². The lowest BCUT2D eigenvalue weighted by Gasteiger charge is -2.35. The Morgan fingerprint density at radius 3 is 2.63 bits per heavy atom. The minimum absolute atomic E-state index is 0.0544. The summed E-state index contributed by atoms with van der Waals surface area (Å²) in [5.41, 5.74) is 3.42. The molecule has 2 N–H and O–H groups in total. The molecule has 1 aliphatic rings. The van der Waals surface area contributed by atoms with Gasteiger partial charge in [-0.1, -0.05) is 48.5 Å². The van der Waals surface area contributed by atoms with Gasteiger partial charge in [0.15, 0.2) is 0 Å². The Hall–Kier alpha value is -2.37. The Balaban J connectivity index is 1.39. The van der Waals surface area contributed by atoms with Crippen LogP contribution < -0.4 is 10.2 Å². The fourth-order valence-corrected chi connectivity index (χ4v) is 3.49. The number of para-hydroxylation sites is 1. The summed E-state index contributed by atoms with van der Waals surface area (Å²) in [7, 11) is 1.84. The molecule has 1 unspecified atom stereocenters. The van der Waals surface area contributed by atoms with Gasteiger partial charge in [0.25, 0.3) is 0 Å². The van der Waals surface area contributed by atoms with Crippen LogP contribution in [0.2, 0.25) is 0 Å². The number of amides is 2. The van der Waals surface area contributed by atoms with Crippen molar-refractivity contribution in [2.45, 2.75) is 38.5 Å². The number of unbranched alkanes of at least 4 members (excludes halogenated alkanes) is 1. The van der Waals surface area contributed by atoms with E-state index in [2.05, 4.69) is 23.5 Å². The summed E-state index contributed by atoms with van der Waals surface area (Å²) in [4.78, 5) is 16.1. The number of fused-ring (bicyclic) bond motifs is 1. The van der Waals surface area contributed by atoms with Crippen molar-refractivity contribution in [1.29, 1.82) is 0 Å². The molecule has 1 atom stereocenters. The quantitative estimate of drug-likeness (QED) is 0.668. The fourth-order valence-electron chi connectivity index (χ4n) is 3.49. The molecule has 0 spiro atoms. The van der Waals surface area contributed by atoms with Crippen LogP contribution in [0, 0.1) is 0 Å². The zero-order chi connectivity index (χ0) is 19.1. The molecule has 2 aromatic rings. The van der Waals surface area contributed by atoms with Gasteiger partial charge in [-0.15, -0.1) is 0 Å². The summed E-state index contributed by atoms with van der Waals surface area (Å²) in [6, 6.07) is 18.3. The summed E-state index contributed by atoms with van der Waals surface area (Å²) < 4.78 is 0. The van der Waals surface area contributed by atoms with E-state index in [4.69, 9.17) is 0 Å². The molecule has 0 saturated carbocycles. The molecule has 0 saturated heterocycles. The summed E-state index contributed by atoms with van der Waals surface area (Å²) in [5.74, 6) is 0. The number of urea groups is 1. The summed E-state index contributed by atoms with van der Waals surface area (Å²) in [6.45, 7) is 2.70. The molecule has 1 heterocycles. The van der Waals surface area contributed by atoms with E-state index in [0.29, 0.717) is 19.6 Å². The molecular formula is C22H29N3O2. The molecule has 1 aliphatic heterocycles. The number of nitrogens with zero attached hydrogens (tertiary/aromatic N) is 2. The molecule has 2 aromatic carbocycles. The van der Waals surface area contributed by atoms with Crippen molar-refractivity contribution < 1.29 is 9.90 Å². The number of anilines is 1. The van der Waals surface area contributed by atoms with Crippen LogP contribution in [-0.4, -0.2) is 42.3 Å². The number of aliphatic hydroxyl groups excluding tert-OH is 1. The molecule has 144 valence electrons. The highest BCUT2D eigenvalue weighted by molar-refractivity contribution is 5.94. The van der Waals surface area contributed by atoms with E-state index in [1.807, 2.05) is 48.3 Å². The van der Waals surface area contributed by atoms with E-state index in [1.165, 1.54) is 11.1 Å². The summed E-state index contributed by atoms with van der Waals surface area (Å²) in [5, 5.41) is 13.5. The zero-order valence-electron chi connectivity index (χ0n) is 16.0. The first-order valence-corrected chi connectivity index (χ1v) is 9.68. The van der Waals surface area contributed by atoms with Gasteiger partial charge in [-0.3, -0.25) is 4.90 Å². The third-order valence-electron chi connectivity index (χ3n) is 4.97. The monoisotopic (exact) mass is 367 g/mol. The van der Waals surface area contributed by atoms with Crippen LogP contribution in [-0.2, 0) is 13.1 Å². The first kappa shape index (κ1) is 19.4. The maximum Gasteiger partial charge on any atom is 0.324 e. The fraction of sp³-hybridized carbons (Fsp3) is 0.409. The van der Waals surface area contributed by atoms with E-state index in [1.54, 1.807) is 4.90 Å². The summed E-state index contributed by atoms with van der Waals surface area (Å²) in [6.07, 6.45) is 2.15. The van der Waals surface area contributed by atoms with Crippen LogP contribution >= 0.6 is 0 Å². The summed E-state index contributed by atoms with van der Waals surface area (Å²) >= 11 is 0. The standard InChI is InChI=1S/C22H29N3O2/c1-24-17-19-11-5-6-13-21(19)25(22(24)27)14-8-7-12-20(26)16-23-15-18-9-3-2-4-10-18/h2-6,9-11,13,20,23,26H,7-8,12,14-17H2,1H3. The Morgan fingerprint density at radius 2 is 1.81 bits per heavy atom. The first-order chi connectivity index (χ1) is 13.1. The van der Waals surface area contributed by atoms with Gasteiger partial charge >= 0.3 is 6.03 Å². The lowest BCUT2D eigenvalue weighted by molar-refractivity contribution is 0.158. The van der Waals surface area contributed by atoms with Crippen molar-refractivity contribution in [3.8, 4) is 0 Å². The van der Waals surface area contributed by atoms with Crippen molar-refractivity contribution in [3.05, 3.63) is 65.7 Å². The number of carbonyl (C=O) groups is 1. The largest absolute Gasteiger partial charge is 0.392 e. The molecular weight excluding hydrogens is 338 g/mol. The van der Waals surface area contributed by atoms with E-state index >= 15 is 0 Å². The number of aliphatic hydroxyl groups is 1. The van der Waals surface area contributed by atoms with Crippen LogP contribution in [0.25, 0.3) is 0 Å². The number of carbonyl (C=O) groups excluding carboxylic acids is 1. The van der Waals surface area contributed by atoms with Gasteiger partial charge < -0.3 is 15.3 Å². The minimum Gasteiger partial charge on any atom is -0.392 e. The van der Waals surface area contributed by atoms with Crippen molar-refractivity contribution in [2.75, 3.05) is 25.0 Å². The molecule has 27 heavy (non-hydrogen) atoms. The van der Waals surface area contributed by atoms with Crippen molar-refractivity contribution in [1.82, 2.24) is 10.2 Å². The van der Waals surface area contributed by atoms with Gasteiger partial charge in [-0.2, -0.15) is 0 Å². The number of nitrogens with one attached hydrogen (secondary N) is 1. The predicted octanol–water partition coefficient (Wildman–Crippen LogP) is 3.38. The molecule has 5 nitrogen and oxygen atoms in total. The van der Waals surface area contributed by atoms with E-state index in [0.717, 1.165) is 31.5 Å². The number of rotatable bonds is 9. The molecule has 5 heteroatoms. The highest BCUT2D eigenvalue weighted by Gasteiger charge is 2.27. The molecule has 0 aliphatic carbocycles. The van der Waals surface area contributed by atoms with Gasteiger partial charge in [-0.05, 0) is 36.5 Å². The van der Waals surface area contributed by atoms with Crippen LogP contribution in [0.15, 0.2) is 54.6 Å². The SMILES string of the molecule is CN1Cc2ccccc2N(CCCCC(O)CNCc2ccccc2)C1=O. The Bertz CT molecular complexity index is 735. The van der Waals surface area contributed by atoms with Crippen molar-refractivity contribution in [3.63, 3.8) is 0 Å². The maximum atomic E-state index is 12.5. The number of hydrogen-bond donors (Lipinski definition) is 2. The van der Waals surface area contributed by atoms with Gasteiger partial charge in [0, 0.05) is 33.2 Å². The highest BCUT2D eigenvalue weighted by Crippen LogP contribution is 2.27. The molecule has 0 fully saturated rings. The maximum absolute atomic E-state index is 12.5. The highest BCUT2D eigenvalue weighted by atomic mass is 16.3. The van der Waals surface area contributed by atoms with Gasteiger partial charge in [-0.25, -0.2) is 4.79 Å². The van der Waals surface area contributed by atoms with E-state index in [9.17, 15) is 9.90 Å². The normalized spacial score (nSPS) is 15.0. The Kier molecular flexibility index (Phi) is 6.85. The third kappa shape index (κ3) is 5.31. The van der Waals surface area contributed by atoms with Crippen molar-refractivity contribution >= 4 is 11.7 Å². The molecule has 2 amide bonds. The van der Waals surface area contributed by atoms with Crippen LogP contribution in [0.1, 0.15) is 30.4 Å². The van der Waals surface area contributed by atoms with Gasteiger partial charge in [0.2, 0.25) is 0 Å². The minimum atomic E-state index is -0.360. The second-order valence-electron chi connectivity index (χ2n) is 7.19. The Labute approximate surface area is 161 Å². The molecule has 0 radical (unpaired) electrons.